The van der Waals surface area contributed by atoms with Crippen LogP contribution in [0.1, 0.15) is 50.5 Å². The molecule has 22 heavy (non-hydrogen) atoms. The Morgan fingerprint density at radius 1 is 1.14 bits per heavy atom. The van der Waals surface area contributed by atoms with Crippen molar-refractivity contribution in [1.82, 2.24) is 4.90 Å². The number of carbonyl (C=O) groups is 2. The van der Waals surface area contributed by atoms with E-state index >= 15 is 0 Å². The van der Waals surface area contributed by atoms with Crippen LogP contribution in [0.3, 0.4) is 0 Å². The molecule has 1 heterocycles. The van der Waals surface area contributed by atoms with Crippen molar-refractivity contribution < 1.29 is 14.7 Å². The Morgan fingerprint density at radius 3 is 2.64 bits per heavy atom. The second-order valence-electron chi connectivity index (χ2n) is 6.01. The number of hydrogen-bond acceptors (Lipinski definition) is 2. The maximum absolute atomic E-state index is 12.4. The van der Waals surface area contributed by atoms with E-state index < -0.39 is 5.97 Å². The van der Waals surface area contributed by atoms with Gasteiger partial charge in [-0.15, -0.1) is 0 Å². The lowest BCUT2D eigenvalue weighted by molar-refractivity contribution is -0.140. The number of nitrogens with zero attached hydrogens (tertiary/aromatic N) is 1. The number of hydrogen-bond donors (Lipinski definition) is 1. The van der Waals surface area contributed by atoms with E-state index in [2.05, 4.69) is 12.1 Å². The molecule has 1 amide bonds. The number of amides is 1. The van der Waals surface area contributed by atoms with E-state index in [1.54, 1.807) is 0 Å². The van der Waals surface area contributed by atoms with Gasteiger partial charge in [0.2, 0.25) is 5.91 Å². The molecule has 1 atom stereocenters. The molecule has 1 fully saturated rings. The van der Waals surface area contributed by atoms with E-state index in [9.17, 15) is 9.59 Å². The van der Waals surface area contributed by atoms with Crippen molar-refractivity contribution in [3.05, 3.63) is 35.9 Å². The van der Waals surface area contributed by atoms with E-state index in [4.69, 9.17) is 5.11 Å². The molecule has 0 aromatic heterocycles. The average molecular weight is 303 g/mol. The summed E-state index contributed by atoms with van der Waals surface area (Å²) >= 11 is 0. The number of carboxylic acid groups (broad SMARTS) is 1. The van der Waals surface area contributed by atoms with Crippen LogP contribution >= 0.6 is 0 Å². The molecule has 1 aliphatic heterocycles. The average Bonchev–Trinajstić information content (AvgIpc) is 2.54. The molecule has 1 aromatic rings. The Kier molecular flexibility index (Phi) is 6.44. The topological polar surface area (TPSA) is 57.6 Å². The summed E-state index contributed by atoms with van der Waals surface area (Å²) in [4.78, 5) is 25.1. The number of benzene rings is 1. The summed E-state index contributed by atoms with van der Waals surface area (Å²) in [5, 5.41) is 8.83. The molecule has 4 heteroatoms. The van der Waals surface area contributed by atoms with Crippen LogP contribution in [-0.4, -0.2) is 34.5 Å². The van der Waals surface area contributed by atoms with Gasteiger partial charge in [-0.25, -0.2) is 0 Å². The molecule has 0 unspecified atom stereocenters. The highest BCUT2D eigenvalue weighted by Gasteiger charge is 2.26. The van der Waals surface area contributed by atoms with Gasteiger partial charge >= 0.3 is 5.97 Å². The first-order valence-corrected chi connectivity index (χ1v) is 8.22. The third kappa shape index (κ3) is 5.17. The summed E-state index contributed by atoms with van der Waals surface area (Å²) in [6.07, 6.45) is 6.13. The van der Waals surface area contributed by atoms with E-state index in [1.165, 1.54) is 5.56 Å². The number of carboxylic acids is 1. The molecular weight excluding hydrogens is 278 g/mol. The quantitative estimate of drug-likeness (QED) is 0.841. The zero-order valence-corrected chi connectivity index (χ0v) is 13.0. The lowest BCUT2D eigenvalue weighted by Gasteiger charge is -2.35. The highest BCUT2D eigenvalue weighted by molar-refractivity contribution is 5.76. The van der Waals surface area contributed by atoms with Crippen molar-refractivity contribution in [2.75, 3.05) is 6.54 Å². The van der Waals surface area contributed by atoms with Crippen molar-refractivity contribution in [3.63, 3.8) is 0 Å². The summed E-state index contributed by atoms with van der Waals surface area (Å²) in [6.45, 7) is 0.786. The summed E-state index contributed by atoms with van der Waals surface area (Å²) < 4.78 is 0. The van der Waals surface area contributed by atoms with E-state index in [0.29, 0.717) is 12.8 Å². The van der Waals surface area contributed by atoms with Gasteiger partial charge in [-0.05, 0) is 44.1 Å². The minimum absolute atomic E-state index is 0.120. The molecule has 0 aliphatic carbocycles. The number of aliphatic carboxylic acids is 1. The Balaban J connectivity index is 1.79. The van der Waals surface area contributed by atoms with Crippen LogP contribution in [0, 0.1) is 0 Å². The lowest BCUT2D eigenvalue weighted by atomic mass is 9.97. The van der Waals surface area contributed by atoms with Crippen molar-refractivity contribution in [2.24, 2.45) is 0 Å². The molecule has 4 nitrogen and oxygen atoms in total. The van der Waals surface area contributed by atoms with Crippen LogP contribution in [0.15, 0.2) is 30.3 Å². The van der Waals surface area contributed by atoms with E-state index in [1.807, 2.05) is 23.1 Å². The Hall–Kier alpha value is -1.84. The predicted molar refractivity (Wildman–Crippen MR) is 85.6 cm³/mol. The molecule has 0 saturated carbocycles. The summed E-state index contributed by atoms with van der Waals surface area (Å²) in [5.74, 6) is -0.590. The van der Waals surface area contributed by atoms with E-state index in [0.717, 1.165) is 38.6 Å². The number of aryl methyl sites for hydroxylation is 1. The number of likely N-dealkylation sites (tertiary alicyclic amines) is 1. The molecule has 1 N–H and O–H groups in total. The molecular formula is C18H25NO3. The zero-order chi connectivity index (χ0) is 15.8. The van der Waals surface area contributed by atoms with Crippen molar-refractivity contribution in [3.8, 4) is 0 Å². The van der Waals surface area contributed by atoms with Crippen LogP contribution in [0.4, 0.5) is 0 Å². The van der Waals surface area contributed by atoms with Gasteiger partial charge in [0.25, 0.3) is 0 Å². The van der Waals surface area contributed by atoms with Gasteiger partial charge in [0.05, 0.1) is 0 Å². The summed E-state index contributed by atoms with van der Waals surface area (Å²) in [6, 6.07) is 10.3. The first kappa shape index (κ1) is 16.5. The maximum atomic E-state index is 12.4. The smallest absolute Gasteiger partial charge is 0.303 e. The van der Waals surface area contributed by atoms with Gasteiger partial charge in [-0.2, -0.15) is 0 Å². The molecule has 0 radical (unpaired) electrons. The minimum Gasteiger partial charge on any atom is -0.481 e. The number of carbonyl (C=O) groups excluding carboxylic acids is 1. The van der Waals surface area contributed by atoms with Gasteiger partial charge in [0, 0.05) is 25.4 Å². The van der Waals surface area contributed by atoms with Gasteiger partial charge in [-0.3, -0.25) is 9.59 Å². The Morgan fingerprint density at radius 2 is 1.91 bits per heavy atom. The third-order valence-electron chi connectivity index (χ3n) is 4.34. The van der Waals surface area contributed by atoms with E-state index in [-0.39, 0.29) is 18.4 Å². The van der Waals surface area contributed by atoms with Gasteiger partial charge in [0.1, 0.15) is 0 Å². The molecule has 120 valence electrons. The summed E-state index contributed by atoms with van der Waals surface area (Å²) in [5.41, 5.74) is 1.26. The SMILES string of the molecule is O=C(O)CC[C@@H]1CCCCN1C(=O)CCCc1ccccc1. The largest absolute Gasteiger partial charge is 0.481 e. The normalized spacial score (nSPS) is 18.2. The van der Waals surface area contributed by atoms with Crippen LogP contribution < -0.4 is 0 Å². The molecule has 2 rings (SSSR count). The fraction of sp³-hybridized carbons (Fsp3) is 0.556. The number of rotatable bonds is 7. The molecule has 0 bridgehead atoms. The first-order valence-electron chi connectivity index (χ1n) is 8.22. The lowest BCUT2D eigenvalue weighted by Crippen LogP contribution is -2.43. The van der Waals surface area contributed by atoms with Crippen molar-refractivity contribution in [2.45, 2.75) is 57.4 Å². The second kappa shape index (κ2) is 8.57. The Bertz CT molecular complexity index is 486. The van der Waals surface area contributed by atoms with Crippen LogP contribution in [0.5, 0.6) is 0 Å². The minimum atomic E-state index is -0.776. The third-order valence-corrected chi connectivity index (χ3v) is 4.34. The zero-order valence-electron chi connectivity index (χ0n) is 13.0. The maximum Gasteiger partial charge on any atom is 0.303 e. The van der Waals surface area contributed by atoms with Gasteiger partial charge < -0.3 is 10.0 Å². The molecule has 1 aliphatic rings. The van der Waals surface area contributed by atoms with Crippen LogP contribution in [0.25, 0.3) is 0 Å². The van der Waals surface area contributed by atoms with Crippen LogP contribution in [-0.2, 0) is 16.0 Å². The molecule has 1 aromatic carbocycles. The van der Waals surface area contributed by atoms with Crippen LogP contribution in [0.2, 0.25) is 0 Å². The predicted octanol–water partition coefficient (Wildman–Crippen LogP) is 3.26. The highest BCUT2D eigenvalue weighted by atomic mass is 16.4. The van der Waals surface area contributed by atoms with Gasteiger partial charge in [-0.1, -0.05) is 30.3 Å². The molecule has 0 spiro atoms. The summed E-state index contributed by atoms with van der Waals surface area (Å²) in [7, 11) is 0. The van der Waals surface area contributed by atoms with Crippen molar-refractivity contribution >= 4 is 11.9 Å². The fourth-order valence-electron chi connectivity index (χ4n) is 3.15. The molecule has 1 saturated heterocycles. The van der Waals surface area contributed by atoms with Crippen molar-refractivity contribution in [1.29, 1.82) is 0 Å². The second-order valence-corrected chi connectivity index (χ2v) is 6.01. The fourth-order valence-corrected chi connectivity index (χ4v) is 3.15. The standard InChI is InChI=1S/C18H25NO3/c20-17(11-6-9-15-7-2-1-3-8-15)19-14-5-4-10-16(19)12-13-18(21)22/h1-3,7-8,16H,4-6,9-14H2,(H,21,22)/t16-/m0/s1. The monoisotopic (exact) mass is 303 g/mol. The highest BCUT2D eigenvalue weighted by Crippen LogP contribution is 2.22. The van der Waals surface area contributed by atoms with Gasteiger partial charge in [0.15, 0.2) is 0 Å². The number of piperidine rings is 1. The Labute approximate surface area is 132 Å². The first-order chi connectivity index (χ1) is 10.7.